The molecule has 0 fully saturated rings. The Labute approximate surface area is 61.0 Å². The highest BCUT2D eigenvalue weighted by atomic mass is 16.3. The van der Waals surface area contributed by atoms with E-state index in [2.05, 4.69) is 5.32 Å². The Kier molecular flexibility index (Phi) is 2.79. The smallest absolute Gasteiger partial charge is 0.123 e. The second-order valence-electron chi connectivity index (χ2n) is 3.27. The lowest BCUT2D eigenvalue weighted by molar-refractivity contribution is 0.000317. The van der Waals surface area contributed by atoms with Gasteiger partial charge in [0, 0.05) is 6.54 Å². The van der Waals surface area contributed by atoms with Crippen molar-refractivity contribution in [2.24, 2.45) is 5.73 Å². The van der Waals surface area contributed by atoms with E-state index < -0.39 is 11.4 Å². The van der Waals surface area contributed by atoms with Crippen molar-refractivity contribution < 1.29 is 10.2 Å². The average molecular weight is 148 g/mol. The zero-order chi connectivity index (χ0) is 8.41. The number of nitrogens with two attached hydrogens (primary N) is 1. The van der Waals surface area contributed by atoms with E-state index in [1.54, 1.807) is 13.8 Å². The van der Waals surface area contributed by atoms with Crippen LogP contribution in [0.3, 0.4) is 0 Å². The van der Waals surface area contributed by atoms with E-state index in [-0.39, 0.29) is 6.54 Å². The van der Waals surface area contributed by atoms with Gasteiger partial charge in [-0.05, 0) is 20.8 Å². The van der Waals surface area contributed by atoms with Crippen LogP contribution in [0.1, 0.15) is 20.8 Å². The van der Waals surface area contributed by atoms with Crippen LogP contribution >= 0.6 is 0 Å². The SMILES string of the molecule is CC(N)(O)CNC(C)(C)O. The van der Waals surface area contributed by atoms with Crippen molar-refractivity contribution in [1.29, 1.82) is 0 Å². The van der Waals surface area contributed by atoms with E-state index in [1.165, 1.54) is 6.92 Å². The molecule has 0 saturated heterocycles. The zero-order valence-electron chi connectivity index (χ0n) is 6.68. The molecule has 0 spiro atoms. The number of hydrogen-bond acceptors (Lipinski definition) is 4. The Morgan fingerprint density at radius 2 is 1.70 bits per heavy atom. The summed E-state index contributed by atoms with van der Waals surface area (Å²) in [6, 6.07) is 0. The molecule has 0 aromatic rings. The minimum Gasteiger partial charge on any atom is -0.376 e. The van der Waals surface area contributed by atoms with Crippen molar-refractivity contribution in [2.45, 2.75) is 32.2 Å². The maximum atomic E-state index is 9.10. The van der Waals surface area contributed by atoms with E-state index >= 15 is 0 Å². The molecule has 62 valence electrons. The summed E-state index contributed by atoms with van der Waals surface area (Å²) in [7, 11) is 0. The van der Waals surface area contributed by atoms with Crippen LogP contribution in [-0.2, 0) is 0 Å². The molecule has 1 unspecified atom stereocenters. The van der Waals surface area contributed by atoms with Gasteiger partial charge in [0.1, 0.15) is 11.4 Å². The third-order valence-electron chi connectivity index (χ3n) is 0.879. The fraction of sp³-hybridized carbons (Fsp3) is 1.00. The molecule has 4 nitrogen and oxygen atoms in total. The quantitative estimate of drug-likeness (QED) is 0.386. The lowest BCUT2D eigenvalue weighted by Gasteiger charge is -2.25. The van der Waals surface area contributed by atoms with Gasteiger partial charge in [0.05, 0.1) is 0 Å². The van der Waals surface area contributed by atoms with Crippen LogP contribution in [0, 0.1) is 0 Å². The molecule has 0 saturated carbocycles. The van der Waals surface area contributed by atoms with Crippen LogP contribution in [0.15, 0.2) is 0 Å². The largest absolute Gasteiger partial charge is 0.376 e. The van der Waals surface area contributed by atoms with Crippen molar-refractivity contribution in [3.8, 4) is 0 Å². The highest BCUT2D eigenvalue weighted by Gasteiger charge is 2.18. The predicted molar refractivity (Wildman–Crippen MR) is 39.1 cm³/mol. The predicted octanol–water partition coefficient (Wildman–Crippen LogP) is -1.03. The first-order chi connectivity index (χ1) is 4.21. The highest BCUT2D eigenvalue weighted by molar-refractivity contribution is 4.71. The standard InChI is InChI=1S/C6H16N2O2/c1-5(2,9)8-4-6(3,7)10/h8-10H,4,7H2,1-3H3. The molecular formula is C6H16N2O2. The van der Waals surface area contributed by atoms with Gasteiger partial charge in [0.2, 0.25) is 0 Å². The second kappa shape index (κ2) is 2.84. The van der Waals surface area contributed by atoms with Crippen LogP contribution < -0.4 is 11.1 Å². The van der Waals surface area contributed by atoms with E-state index in [0.29, 0.717) is 0 Å². The van der Waals surface area contributed by atoms with Gasteiger partial charge in [-0.15, -0.1) is 0 Å². The van der Waals surface area contributed by atoms with Gasteiger partial charge in [0.25, 0.3) is 0 Å². The summed E-state index contributed by atoms with van der Waals surface area (Å²) in [6.45, 7) is 4.79. The van der Waals surface area contributed by atoms with Gasteiger partial charge in [0.15, 0.2) is 0 Å². The molecule has 0 heterocycles. The first-order valence-electron chi connectivity index (χ1n) is 3.19. The average Bonchev–Trinajstić information content (AvgIpc) is 1.57. The molecule has 0 amide bonds. The summed E-state index contributed by atoms with van der Waals surface area (Å²) in [4.78, 5) is 0. The van der Waals surface area contributed by atoms with Crippen LogP contribution in [0.5, 0.6) is 0 Å². The van der Waals surface area contributed by atoms with Gasteiger partial charge in [-0.1, -0.05) is 0 Å². The molecule has 0 aliphatic carbocycles. The second-order valence-corrected chi connectivity index (χ2v) is 3.27. The third-order valence-corrected chi connectivity index (χ3v) is 0.879. The summed E-state index contributed by atoms with van der Waals surface area (Å²) in [6.07, 6.45) is 0. The summed E-state index contributed by atoms with van der Waals surface area (Å²) in [5.41, 5.74) is 2.98. The third kappa shape index (κ3) is 7.84. The van der Waals surface area contributed by atoms with Gasteiger partial charge >= 0.3 is 0 Å². The van der Waals surface area contributed by atoms with Crippen molar-refractivity contribution in [3.63, 3.8) is 0 Å². The number of nitrogens with one attached hydrogen (secondary N) is 1. The van der Waals surface area contributed by atoms with Gasteiger partial charge in [-0.3, -0.25) is 5.32 Å². The van der Waals surface area contributed by atoms with E-state index in [0.717, 1.165) is 0 Å². The van der Waals surface area contributed by atoms with Crippen molar-refractivity contribution in [2.75, 3.05) is 6.54 Å². The lowest BCUT2D eigenvalue weighted by atomic mass is 10.2. The van der Waals surface area contributed by atoms with Crippen LogP contribution in [-0.4, -0.2) is 28.2 Å². The molecule has 0 aliphatic heterocycles. The monoisotopic (exact) mass is 148 g/mol. The lowest BCUT2D eigenvalue weighted by Crippen LogP contribution is -2.52. The molecule has 0 bridgehead atoms. The summed E-state index contributed by atoms with van der Waals surface area (Å²) < 4.78 is 0. The Morgan fingerprint density at radius 3 is 1.80 bits per heavy atom. The van der Waals surface area contributed by atoms with Crippen molar-refractivity contribution >= 4 is 0 Å². The van der Waals surface area contributed by atoms with E-state index in [4.69, 9.17) is 15.9 Å². The first-order valence-corrected chi connectivity index (χ1v) is 3.19. The molecule has 1 atom stereocenters. The van der Waals surface area contributed by atoms with Crippen molar-refractivity contribution in [3.05, 3.63) is 0 Å². The Morgan fingerprint density at radius 1 is 1.30 bits per heavy atom. The molecular weight excluding hydrogens is 132 g/mol. The number of hydrogen-bond donors (Lipinski definition) is 4. The maximum absolute atomic E-state index is 9.10. The topological polar surface area (TPSA) is 78.5 Å². The van der Waals surface area contributed by atoms with Crippen LogP contribution in [0.25, 0.3) is 0 Å². The highest BCUT2D eigenvalue weighted by Crippen LogP contribution is 1.96. The molecule has 0 radical (unpaired) electrons. The molecule has 5 N–H and O–H groups in total. The summed E-state index contributed by atoms with van der Waals surface area (Å²) >= 11 is 0. The fourth-order valence-electron chi connectivity index (χ4n) is 0.395. The number of aliphatic hydroxyl groups is 2. The molecule has 0 aromatic carbocycles. The Bertz CT molecular complexity index is 87.3. The number of rotatable bonds is 3. The molecule has 0 aliphatic rings. The van der Waals surface area contributed by atoms with E-state index in [9.17, 15) is 0 Å². The van der Waals surface area contributed by atoms with Gasteiger partial charge < -0.3 is 15.9 Å². The Hall–Kier alpha value is -0.160. The fourth-order valence-corrected chi connectivity index (χ4v) is 0.395. The van der Waals surface area contributed by atoms with Crippen LogP contribution in [0.4, 0.5) is 0 Å². The summed E-state index contributed by atoms with van der Waals surface area (Å²) in [5.74, 6) is 0. The van der Waals surface area contributed by atoms with Crippen molar-refractivity contribution in [1.82, 2.24) is 5.32 Å². The normalized spacial score (nSPS) is 18.6. The first kappa shape index (κ1) is 9.84. The molecule has 0 rings (SSSR count). The Balaban J connectivity index is 3.56. The molecule has 10 heavy (non-hydrogen) atoms. The maximum Gasteiger partial charge on any atom is 0.123 e. The molecule has 0 aromatic heterocycles. The zero-order valence-corrected chi connectivity index (χ0v) is 6.68. The van der Waals surface area contributed by atoms with E-state index in [1.807, 2.05) is 0 Å². The van der Waals surface area contributed by atoms with Gasteiger partial charge in [-0.25, -0.2) is 0 Å². The molecule has 4 heteroatoms. The minimum atomic E-state index is -1.26. The minimum absolute atomic E-state index is 0.163. The van der Waals surface area contributed by atoms with Crippen LogP contribution in [0.2, 0.25) is 0 Å². The van der Waals surface area contributed by atoms with Gasteiger partial charge in [-0.2, -0.15) is 0 Å². The summed E-state index contributed by atoms with van der Waals surface area (Å²) in [5, 5.41) is 20.7.